The van der Waals surface area contributed by atoms with Crippen LogP contribution < -0.4 is 15.0 Å². The first-order valence-electron chi connectivity index (χ1n) is 10.6. The van der Waals surface area contributed by atoms with Crippen molar-refractivity contribution in [2.24, 2.45) is 4.99 Å². The third-order valence-corrected chi connectivity index (χ3v) is 5.72. The molecule has 0 radical (unpaired) electrons. The number of aliphatic imine (C=N–C) groups is 1. The summed E-state index contributed by atoms with van der Waals surface area (Å²) in [7, 11) is 0. The molecule has 1 heterocycles. The number of halogens is 5. The zero-order valence-electron chi connectivity index (χ0n) is 18.4. The van der Waals surface area contributed by atoms with Gasteiger partial charge < -0.3 is 15.0 Å². The molecule has 9 heteroatoms. The fourth-order valence-electron chi connectivity index (χ4n) is 3.62. The fraction of sp³-hybridized carbons (Fsp3) is 0.240. The molecule has 4 rings (SSSR count). The maximum atomic E-state index is 13.2. The summed E-state index contributed by atoms with van der Waals surface area (Å²) in [5.41, 5.74) is 1.92. The normalized spacial score (nSPS) is 15.4. The average molecular weight is 508 g/mol. The molecular formula is C25H22Cl2F3N3O. The molecule has 0 saturated heterocycles. The summed E-state index contributed by atoms with van der Waals surface area (Å²) in [4.78, 5) is 6.40. The van der Waals surface area contributed by atoms with Gasteiger partial charge in [0.05, 0.1) is 16.7 Å². The predicted molar refractivity (Wildman–Crippen MR) is 131 cm³/mol. The van der Waals surface area contributed by atoms with Gasteiger partial charge in [0, 0.05) is 34.7 Å². The molecule has 0 amide bonds. The molecule has 0 saturated carbocycles. The van der Waals surface area contributed by atoms with E-state index in [0.717, 1.165) is 17.7 Å². The lowest BCUT2D eigenvalue weighted by atomic mass is 10.1. The van der Waals surface area contributed by atoms with Gasteiger partial charge in [-0.05, 0) is 67.9 Å². The van der Waals surface area contributed by atoms with Crippen LogP contribution in [0.15, 0.2) is 65.7 Å². The zero-order valence-corrected chi connectivity index (χ0v) is 19.9. The molecule has 1 atom stereocenters. The van der Waals surface area contributed by atoms with Gasteiger partial charge in [-0.1, -0.05) is 35.3 Å². The van der Waals surface area contributed by atoms with Gasteiger partial charge in [0.15, 0.2) is 6.29 Å². The van der Waals surface area contributed by atoms with Crippen molar-refractivity contribution in [3.05, 3.63) is 87.4 Å². The Kier molecular flexibility index (Phi) is 6.96. The highest BCUT2D eigenvalue weighted by Crippen LogP contribution is 2.36. The van der Waals surface area contributed by atoms with Crippen molar-refractivity contribution < 1.29 is 17.9 Å². The van der Waals surface area contributed by atoms with E-state index in [1.54, 1.807) is 24.3 Å². The summed E-state index contributed by atoms with van der Waals surface area (Å²) in [6.07, 6.45) is -3.58. The smallest absolute Gasteiger partial charge is 0.416 e. The van der Waals surface area contributed by atoms with E-state index in [-0.39, 0.29) is 6.10 Å². The van der Waals surface area contributed by atoms with Gasteiger partial charge in [0.25, 0.3) is 0 Å². The summed E-state index contributed by atoms with van der Waals surface area (Å²) in [6, 6.07) is 16.3. The summed E-state index contributed by atoms with van der Waals surface area (Å²) < 4.78 is 45.4. The highest BCUT2D eigenvalue weighted by Gasteiger charge is 2.33. The average Bonchev–Trinajstić information content (AvgIpc) is 2.77. The molecule has 1 aliphatic heterocycles. The molecule has 178 valence electrons. The molecular weight excluding hydrogens is 486 g/mol. The molecule has 0 aromatic heterocycles. The highest BCUT2D eigenvalue weighted by atomic mass is 35.5. The molecule has 1 N–H and O–H groups in total. The second-order valence-corrected chi connectivity index (χ2v) is 8.98. The van der Waals surface area contributed by atoms with Crippen molar-refractivity contribution in [2.45, 2.75) is 39.0 Å². The van der Waals surface area contributed by atoms with Crippen molar-refractivity contribution >= 4 is 40.8 Å². The second kappa shape index (κ2) is 9.76. The SMILES string of the molecule is CC(C)Oc1ccc(NC2N=Cc3cc(C(F)(F)F)ccc3N2Cc2ccc(Cl)cc2)cc1Cl. The van der Waals surface area contributed by atoms with Crippen LogP contribution in [0.2, 0.25) is 10.0 Å². The van der Waals surface area contributed by atoms with E-state index in [1.807, 2.05) is 36.9 Å². The molecule has 1 aliphatic rings. The van der Waals surface area contributed by atoms with Crippen LogP contribution in [0, 0.1) is 0 Å². The van der Waals surface area contributed by atoms with E-state index in [2.05, 4.69) is 10.3 Å². The van der Waals surface area contributed by atoms with E-state index < -0.39 is 18.0 Å². The minimum Gasteiger partial charge on any atom is -0.489 e. The van der Waals surface area contributed by atoms with Gasteiger partial charge in [-0.3, -0.25) is 0 Å². The second-order valence-electron chi connectivity index (χ2n) is 8.13. The number of anilines is 2. The number of fused-ring (bicyclic) bond motifs is 1. The van der Waals surface area contributed by atoms with Crippen LogP contribution in [0.1, 0.15) is 30.5 Å². The van der Waals surface area contributed by atoms with Crippen LogP contribution in [-0.2, 0) is 12.7 Å². The third-order valence-electron chi connectivity index (χ3n) is 5.17. The first kappa shape index (κ1) is 24.2. The molecule has 4 nitrogen and oxygen atoms in total. The number of nitrogens with one attached hydrogen (secondary N) is 1. The summed E-state index contributed by atoms with van der Waals surface area (Å²) in [5, 5.41) is 4.35. The van der Waals surface area contributed by atoms with E-state index in [4.69, 9.17) is 27.9 Å². The molecule has 34 heavy (non-hydrogen) atoms. The van der Waals surface area contributed by atoms with Crippen LogP contribution in [-0.4, -0.2) is 18.6 Å². The lowest BCUT2D eigenvalue weighted by Gasteiger charge is -2.36. The first-order chi connectivity index (χ1) is 16.1. The molecule has 1 unspecified atom stereocenters. The van der Waals surface area contributed by atoms with Gasteiger partial charge in [-0.2, -0.15) is 13.2 Å². The minimum absolute atomic E-state index is 0.0211. The number of benzene rings is 3. The number of ether oxygens (including phenoxy) is 1. The topological polar surface area (TPSA) is 36.9 Å². The Hall–Kier alpha value is -2.90. The number of hydrogen-bond acceptors (Lipinski definition) is 4. The summed E-state index contributed by atoms with van der Waals surface area (Å²) in [5.74, 6) is 0.567. The third kappa shape index (κ3) is 5.59. The number of nitrogens with zero attached hydrogens (tertiary/aromatic N) is 2. The highest BCUT2D eigenvalue weighted by molar-refractivity contribution is 6.32. The van der Waals surface area contributed by atoms with Gasteiger partial charge in [0.1, 0.15) is 5.75 Å². The number of hydrogen-bond donors (Lipinski definition) is 1. The Bertz CT molecular complexity index is 1200. The van der Waals surface area contributed by atoms with Crippen LogP contribution in [0.25, 0.3) is 0 Å². The van der Waals surface area contributed by atoms with Crippen LogP contribution >= 0.6 is 23.2 Å². The Balaban J connectivity index is 1.66. The first-order valence-corrected chi connectivity index (χ1v) is 11.3. The standard InChI is InChI=1S/C25H22Cl2F3N3O/c1-15(2)34-23-10-8-20(12-21(23)27)32-24-31-13-17-11-18(25(28,29)30)5-9-22(17)33(24)14-16-3-6-19(26)7-4-16/h3-13,15,24,32H,14H2,1-2H3. The van der Waals surface area contributed by atoms with Crippen molar-refractivity contribution in [2.75, 3.05) is 10.2 Å². The molecule has 0 aliphatic carbocycles. The zero-order chi connectivity index (χ0) is 24.5. The van der Waals surface area contributed by atoms with Gasteiger partial charge in [-0.25, -0.2) is 4.99 Å². The summed E-state index contributed by atoms with van der Waals surface area (Å²) in [6.45, 7) is 4.22. The lowest BCUT2D eigenvalue weighted by Crippen LogP contribution is -2.42. The molecule has 3 aromatic rings. The molecule has 3 aromatic carbocycles. The Morgan fingerprint density at radius 2 is 1.76 bits per heavy atom. The number of rotatable bonds is 6. The maximum Gasteiger partial charge on any atom is 0.416 e. The van der Waals surface area contributed by atoms with Gasteiger partial charge in [0.2, 0.25) is 0 Å². The molecule has 0 bridgehead atoms. The van der Waals surface area contributed by atoms with Crippen LogP contribution in [0.4, 0.5) is 24.5 Å². The Morgan fingerprint density at radius 3 is 2.41 bits per heavy atom. The van der Waals surface area contributed by atoms with Crippen LogP contribution in [0.3, 0.4) is 0 Å². The van der Waals surface area contributed by atoms with Crippen molar-refractivity contribution in [3.63, 3.8) is 0 Å². The summed E-state index contributed by atoms with van der Waals surface area (Å²) >= 11 is 12.4. The monoisotopic (exact) mass is 507 g/mol. The Labute approximate surface area is 206 Å². The van der Waals surface area contributed by atoms with Crippen LogP contribution in [0.5, 0.6) is 5.75 Å². The fourth-order valence-corrected chi connectivity index (χ4v) is 3.97. The predicted octanol–water partition coefficient (Wildman–Crippen LogP) is 7.63. The molecule has 0 spiro atoms. The molecule has 0 fully saturated rings. The minimum atomic E-state index is -4.43. The van der Waals surface area contributed by atoms with Crippen molar-refractivity contribution in [3.8, 4) is 5.75 Å². The largest absolute Gasteiger partial charge is 0.489 e. The van der Waals surface area contributed by atoms with Crippen molar-refractivity contribution in [1.82, 2.24) is 0 Å². The Morgan fingerprint density at radius 1 is 1.03 bits per heavy atom. The van der Waals surface area contributed by atoms with E-state index in [0.29, 0.717) is 39.3 Å². The quantitative estimate of drug-likeness (QED) is 0.372. The van der Waals surface area contributed by atoms with Crippen molar-refractivity contribution in [1.29, 1.82) is 0 Å². The van der Waals surface area contributed by atoms with Gasteiger partial charge >= 0.3 is 6.18 Å². The van der Waals surface area contributed by atoms with E-state index in [1.165, 1.54) is 12.3 Å². The lowest BCUT2D eigenvalue weighted by molar-refractivity contribution is -0.137. The number of alkyl halides is 3. The maximum absolute atomic E-state index is 13.2. The van der Waals surface area contributed by atoms with E-state index in [9.17, 15) is 13.2 Å². The van der Waals surface area contributed by atoms with Gasteiger partial charge in [-0.15, -0.1) is 0 Å². The van der Waals surface area contributed by atoms with E-state index >= 15 is 0 Å².